The van der Waals surface area contributed by atoms with Crippen LogP contribution in [0.4, 0.5) is 13.2 Å². The highest BCUT2D eigenvalue weighted by atomic mass is 19.4. The van der Waals surface area contributed by atoms with Crippen molar-refractivity contribution in [2.24, 2.45) is 0 Å². The molecule has 394 valence electrons. The molecule has 10 aromatic carbocycles. The van der Waals surface area contributed by atoms with E-state index in [0.717, 1.165) is 12.1 Å². The maximum absolute atomic E-state index is 14.9. The van der Waals surface area contributed by atoms with E-state index in [1.165, 1.54) is 30.3 Å². The van der Waals surface area contributed by atoms with Crippen molar-refractivity contribution in [2.75, 3.05) is 0 Å². The summed E-state index contributed by atoms with van der Waals surface area (Å²) < 4.78 is 48.3. The monoisotopic (exact) mass is 1110 g/mol. The quantitative estimate of drug-likeness (QED) is 0.146. The Morgan fingerprint density at radius 3 is 0.837 bits per heavy atom. The molecule has 12 rings (SSSR count). The second-order valence-electron chi connectivity index (χ2n) is 19.9. The minimum absolute atomic E-state index is 0.0107. The highest BCUT2D eigenvalue weighted by Gasteiger charge is 2.32. The summed E-state index contributed by atoms with van der Waals surface area (Å²) in [5, 5.41) is 105. The van der Waals surface area contributed by atoms with Crippen LogP contribution >= 0.6 is 0 Å². The van der Waals surface area contributed by atoms with Gasteiger partial charge in [-0.15, -0.1) is 0 Å². The molecule has 0 radical (unpaired) electrons. The smallest absolute Gasteiger partial charge is 0.308 e. The lowest BCUT2D eigenvalue weighted by molar-refractivity contribution is -0.137. The Labute approximate surface area is 487 Å². The Morgan fingerprint density at radius 1 is 0.267 bits per heavy atom. The second-order valence-corrected chi connectivity index (χ2v) is 19.9. The SMILES string of the molecule is N#Cc1cc(-c2cc(-n3c4ccc(-c5ccc(C#N)cc5C#N)cc4c4cc(-c5ccc(C#N)cc5C#N)ccc43)c(C#N)c(-n3c4ccc(-c5ccc(C#N)cc5C#N)cc4c4cc(-c5ccc(C#N)cc5C#N)ccc43)c2)cc(C(F)(F)F)c1. The Hall–Kier alpha value is -13.5. The Bertz CT molecular complexity index is 4930. The number of rotatable bonds is 7. The lowest BCUT2D eigenvalue weighted by Gasteiger charge is -2.19. The fourth-order valence-corrected chi connectivity index (χ4v) is 11.3. The Morgan fingerprint density at radius 2 is 0.570 bits per heavy atom. The molecule has 0 spiro atoms. The molecule has 0 saturated carbocycles. The van der Waals surface area contributed by atoms with Gasteiger partial charge in [0, 0.05) is 21.5 Å². The van der Waals surface area contributed by atoms with E-state index >= 15 is 0 Å². The molecule has 0 aliphatic rings. The first-order chi connectivity index (χ1) is 41.8. The third-order valence-electron chi connectivity index (χ3n) is 15.3. The number of halogens is 3. The van der Waals surface area contributed by atoms with Crippen LogP contribution in [0.5, 0.6) is 0 Å². The standard InChI is InChI=1S/C71H29F3N12/c72-71(73,74)55-22-44(34-79)21-49(23-55)50-28-69(85-65-13-5-45(56-9-1-40(30-75)17-51(56)35-80)24-60(65)61-25-46(6-14-66(61)85)57-10-2-41(31-76)18-52(57)36-81)64(39-84)70(29-50)86-67-15-7-47(58-11-3-42(32-77)19-53(58)37-82)26-62(67)63-27-48(8-16-68(63)86)59-12-4-43(33-78)20-54(59)38-83/h1-29H. The zero-order chi connectivity index (χ0) is 60.1. The number of nitrogens with zero attached hydrogens (tertiary/aromatic N) is 12. The first kappa shape index (κ1) is 53.1. The third kappa shape index (κ3) is 8.82. The fourth-order valence-electron chi connectivity index (χ4n) is 11.3. The van der Waals surface area contributed by atoms with Crippen LogP contribution in [-0.4, -0.2) is 9.13 Å². The largest absolute Gasteiger partial charge is 0.416 e. The van der Waals surface area contributed by atoms with Crippen molar-refractivity contribution in [2.45, 2.75) is 6.18 Å². The number of fused-ring (bicyclic) bond motifs is 6. The van der Waals surface area contributed by atoms with E-state index < -0.39 is 11.7 Å². The summed E-state index contributed by atoms with van der Waals surface area (Å²) in [6.45, 7) is 0. The van der Waals surface area contributed by atoms with Crippen LogP contribution in [0.25, 0.3) is 111 Å². The molecule has 0 atom stereocenters. The van der Waals surface area contributed by atoms with Crippen LogP contribution in [0, 0.1) is 113 Å². The van der Waals surface area contributed by atoms with E-state index in [4.69, 9.17) is 0 Å². The summed E-state index contributed by atoms with van der Waals surface area (Å²) in [6.07, 6.45) is -4.88. The van der Waals surface area contributed by atoms with Gasteiger partial charge in [-0.2, -0.15) is 65.8 Å². The van der Waals surface area contributed by atoms with Crippen molar-refractivity contribution >= 4 is 43.6 Å². The molecule has 86 heavy (non-hydrogen) atoms. The number of alkyl halides is 3. The molecule has 2 aromatic heterocycles. The third-order valence-corrected chi connectivity index (χ3v) is 15.3. The molecule has 0 aliphatic heterocycles. The predicted octanol–water partition coefficient (Wildman–Crippen LogP) is 16.0. The minimum atomic E-state index is -4.88. The molecule has 12 aromatic rings. The van der Waals surface area contributed by atoms with Crippen LogP contribution in [0.3, 0.4) is 0 Å². The van der Waals surface area contributed by atoms with Gasteiger partial charge in [0.1, 0.15) is 11.6 Å². The molecular formula is C71H29F3N12. The molecule has 0 fully saturated rings. The summed E-state index contributed by atoms with van der Waals surface area (Å²) in [4.78, 5) is 0. The maximum atomic E-state index is 14.9. The molecule has 0 N–H and O–H groups in total. The lowest BCUT2D eigenvalue weighted by Crippen LogP contribution is -2.07. The zero-order valence-electron chi connectivity index (χ0n) is 44.2. The molecule has 0 saturated heterocycles. The number of hydrogen-bond donors (Lipinski definition) is 0. The van der Waals surface area contributed by atoms with Gasteiger partial charge < -0.3 is 9.13 Å². The van der Waals surface area contributed by atoms with Crippen molar-refractivity contribution < 1.29 is 13.2 Å². The van der Waals surface area contributed by atoms with E-state index in [1.54, 1.807) is 109 Å². The van der Waals surface area contributed by atoms with Crippen LogP contribution < -0.4 is 0 Å². The Kier molecular flexibility index (Phi) is 12.9. The topological polar surface area (TPSA) is 248 Å². The normalized spacial score (nSPS) is 10.8. The molecule has 15 heteroatoms. The van der Waals surface area contributed by atoms with E-state index in [2.05, 4.69) is 54.6 Å². The minimum Gasteiger partial charge on any atom is -0.308 e. The molecule has 0 amide bonds. The van der Waals surface area contributed by atoms with Gasteiger partial charge in [-0.3, -0.25) is 0 Å². The van der Waals surface area contributed by atoms with Gasteiger partial charge >= 0.3 is 6.18 Å². The summed E-state index contributed by atoms with van der Waals surface area (Å²) in [5.74, 6) is 0. The maximum Gasteiger partial charge on any atom is 0.416 e. The van der Waals surface area contributed by atoms with Gasteiger partial charge in [0.05, 0.1) is 144 Å². The van der Waals surface area contributed by atoms with Crippen LogP contribution in [0.1, 0.15) is 61.2 Å². The van der Waals surface area contributed by atoms with Crippen molar-refractivity contribution in [1.29, 1.82) is 52.6 Å². The highest BCUT2D eigenvalue weighted by molar-refractivity contribution is 6.14. The average Bonchev–Trinajstić information content (AvgIpc) is 1.68. The second kappa shape index (κ2) is 20.9. The number of nitriles is 10. The van der Waals surface area contributed by atoms with Gasteiger partial charge in [0.25, 0.3) is 0 Å². The van der Waals surface area contributed by atoms with E-state index in [1.807, 2.05) is 39.5 Å². The van der Waals surface area contributed by atoms with Crippen LogP contribution in [-0.2, 0) is 6.18 Å². The molecule has 0 bridgehead atoms. The molecule has 12 nitrogen and oxygen atoms in total. The fraction of sp³-hybridized carbons (Fsp3) is 0.0141. The predicted molar refractivity (Wildman–Crippen MR) is 314 cm³/mol. The zero-order valence-corrected chi connectivity index (χ0v) is 44.2. The number of benzene rings is 10. The van der Waals surface area contributed by atoms with Crippen molar-refractivity contribution in [1.82, 2.24) is 9.13 Å². The van der Waals surface area contributed by atoms with Crippen molar-refractivity contribution in [3.63, 3.8) is 0 Å². The van der Waals surface area contributed by atoms with Crippen molar-refractivity contribution in [3.8, 4) is 128 Å². The van der Waals surface area contributed by atoms with E-state index in [-0.39, 0.29) is 78.1 Å². The molecule has 0 aliphatic carbocycles. The lowest BCUT2D eigenvalue weighted by atomic mass is 9.95. The van der Waals surface area contributed by atoms with Gasteiger partial charge in [-0.25, -0.2) is 0 Å². The number of aromatic nitrogens is 2. The first-order valence-electron chi connectivity index (χ1n) is 25.9. The average molecular weight is 1110 g/mol. The van der Waals surface area contributed by atoms with Crippen LogP contribution in [0.15, 0.2) is 176 Å². The first-order valence-corrected chi connectivity index (χ1v) is 25.9. The van der Waals surface area contributed by atoms with E-state index in [9.17, 15) is 65.8 Å². The van der Waals surface area contributed by atoms with Crippen LogP contribution in [0.2, 0.25) is 0 Å². The van der Waals surface area contributed by atoms with Gasteiger partial charge in [0.2, 0.25) is 0 Å². The summed E-state index contributed by atoms with van der Waals surface area (Å²) in [6, 6.07) is 68.3. The Balaban J connectivity index is 1.22. The van der Waals surface area contributed by atoms with Crippen molar-refractivity contribution in [3.05, 3.63) is 237 Å². The molecule has 2 heterocycles. The summed E-state index contributed by atoms with van der Waals surface area (Å²) in [5.41, 5.74) is 7.53. The number of hydrogen-bond acceptors (Lipinski definition) is 10. The van der Waals surface area contributed by atoms with Gasteiger partial charge in [-0.1, -0.05) is 48.5 Å². The van der Waals surface area contributed by atoms with E-state index in [0.29, 0.717) is 88.1 Å². The summed E-state index contributed by atoms with van der Waals surface area (Å²) in [7, 11) is 0. The molecular weight excluding hydrogens is 1080 g/mol. The highest BCUT2D eigenvalue weighted by Crippen LogP contribution is 2.45. The van der Waals surface area contributed by atoms with Gasteiger partial charge in [-0.05, 0) is 183 Å². The molecule has 0 unspecified atom stereocenters. The van der Waals surface area contributed by atoms with Gasteiger partial charge in [0.15, 0.2) is 0 Å². The summed E-state index contributed by atoms with van der Waals surface area (Å²) >= 11 is 0.